The summed E-state index contributed by atoms with van der Waals surface area (Å²) in [5.74, 6) is 1.16. The number of hydrogen-bond donors (Lipinski definition) is 1. The highest BCUT2D eigenvalue weighted by Gasteiger charge is 2.31. The lowest BCUT2D eigenvalue weighted by Gasteiger charge is -2.35. The van der Waals surface area contributed by atoms with Crippen LogP contribution in [0, 0.1) is 5.92 Å². The minimum atomic E-state index is -0.379. The highest BCUT2D eigenvalue weighted by Crippen LogP contribution is 2.30. The van der Waals surface area contributed by atoms with E-state index >= 15 is 0 Å². The summed E-state index contributed by atoms with van der Waals surface area (Å²) < 4.78 is 2.74. The molecule has 1 aromatic heterocycles. The second-order valence-corrected chi connectivity index (χ2v) is 9.60. The highest BCUT2D eigenvalue weighted by molar-refractivity contribution is 9.11. The monoisotopic (exact) mass is 518 g/mol. The second kappa shape index (κ2) is 11.2. The molecule has 1 aliphatic heterocycles. The molecule has 2 atom stereocenters. The Morgan fingerprint density at radius 3 is 2.61 bits per heavy atom. The van der Waals surface area contributed by atoms with E-state index in [9.17, 15) is 9.59 Å². The zero-order valence-electron chi connectivity index (χ0n) is 20.1. The van der Waals surface area contributed by atoms with E-state index in [1.54, 1.807) is 10.8 Å². The summed E-state index contributed by atoms with van der Waals surface area (Å²) in [6.07, 6.45) is 8.35. The van der Waals surface area contributed by atoms with Crippen LogP contribution in [0.15, 0.2) is 22.2 Å². The topological polar surface area (TPSA) is 97.4 Å². The summed E-state index contributed by atoms with van der Waals surface area (Å²) in [5, 5.41) is 4.60. The number of nitrogens with zero attached hydrogens (tertiary/aromatic N) is 5. The van der Waals surface area contributed by atoms with Gasteiger partial charge in [-0.1, -0.05) is 35.0 Å². The Kier molecular flexibility index (Phi) is 8.64. The summed E-state index contributed by atoms with van der Waals surface area (Å²) in [7, 11) is 0. The molecule has 0 radical (unpaired) electrons. The first kappa shape index (κ1) is 25.4. The van der Waals surface area contributed by atoms with Crippen molar-refractivity contribution in [2.45, 2.75) is 59.5 Å². The van der Waals surface area contributed by atoms with Crippen molar-refractivity contribution in [1.82, 2.24) is 24.6 Å². The van der Waals surface area contributed by atoms with Crippen molar-refractivity contribution in [2.24, 2.45) is 11.7 Å². The van der Waals surface area contributed by atoms with Gasteiger partial charge in [0.05, 0.1) is 12.1 Å². The molecular formula is C24H35BrN6O2. The van der Waals surface area contributed by atoms with Crippen LogP contribution in [0.25, 0.3) is 11.6 Å². The third-order valence-corrected chi connectivity index (χ3v) is 6.79. The zero-order chi connectivity index (χ0) is 24.1. The van der Waals surface area contributed by atoms with Crippen LogP contribution in [0.5, 0.6) is 0 Å². The Hall–Kier alpha value is -2.26. The Morgan fingerprint density at radius 1 is 1.30 bits per heavy atom. The van der Waals surface area contributed by atoms with Gasteiger partial charge in [0, 0.05) is 43.7 Å². The van der Waals surface area contributed by atoms with Gasteiger partial charge in [-0.05, 0) is 50.6 Å². The standard InChI is InChI=1S/C24H35BrN6O2/c1-5-17(23(32)30-12-8-9-19(15-30)24(33)29(6-2)7-3)14-21-27-22(28-31(21)16(4)26)18-10-11-20(25)13-18/h10-11,14,16,19H,5-9,12-13,15,26H2,1-4H3/b17-14+. The fraction of sp³-hybridized carbons (Fsp3) is 0.583. The summed E-state index contributed by atoms with van der Waals surface area (Å²) >= 11 is 3.51. The number of aromatic nitrogens is 3. The molecule has 9 heteroatoms. The van der Waals surface area contributed by atoms with E-state index in [0.717, 1.165) is 29.3 Å². The van der Waals surface area contributed by atoms with E-state index in [1.807, 2.05) is 49.6 Å². The molecule has 2 heterocycles. The fourth-order valence-electron chi connectivity index (χ4n) is 4.34. The average Bonchev–Trinajstić information content (AvgIpc) is 3.44. The summed E-state index contributed by atoms with van der Waals surface area (Å²) in [6.45, 7) is 10.3. The Labute approximate surface area is 204 Å². The second-order valence-electron chi connectivity index (χ2n) is 8.58. The maximum atomic E-state index is 13.4. The molecule has 180 valence electrons. The SMILES string of the molecule is CC/C(=C\c1nc(C2=CC=C(Br)C2)nn1C(C)N)C(=O)N1CCCC(C(=O)N(CC)CC)C1. The number of piperidine rings is 1. The van der Waals surface area contributed by atoms with E-state index in [1.165, 1.54) is 0 Å². The van der Waals surface area contributed by atoms with Crippen LogP contribution in [0.1, 0.15) is 71.2 Å². The molecule has 2 N–H and O–H groups in total. The van der Waals surface area contributed by atoms with Crippen molar-refractivity contribution in [1.29, 1.82) is 0 Å². The first-order valence-corrected chi connectivity index (χ1v) is 12.6. The minimum absolute atomic E-state index is 0.0418. The molecule has 0 bridgehead atoms. The maximum Gasteiger partial charge on any atom is 0.249 e. The lowest BCUT2D eigenvalue weighted by Crippen LogP contribution is -2.47. The number of carbonyl (C=O) groups excluding carboxylic acids is 2. The molecule has 0 saturated carbocycles. The lowest BCUT2D eigenvalue weighted by molar-refractivity contribution is -0.139. The van der Waals surface area contributed by atoms with Gasteiger partial charge in [0.15, 0.2) is 11.6 Å². The van der Waals surface area contributed by atoms with Gasteiger partial charge < -0.3 is 15.5 Å². The van der Waals surface area contributed by atoms with Gasteiger partial charge in [0.1, 0.15) is 0 Å². The van der Waals surface area contributed by atoms with Crippen LogP contribution < -0.4 is 5.73 Å². The average molecular weight is 519 g/mol. The van der Waals surface area contributed by atoms with Crippen LogP contribution in [0.3, 0.4) is 0 Å². The molecule has 2 unspecified atom stereocenters. The van der Waals surface area contributed by atoms with Crippen molar-refractivity contribution in [3.05, 3.63) is 33.9 Å². The van der Waals surface area contributed by atoms with Crippen molar-refractivity contribution in [2.75, 3.05) is 26.2 Å². The van der Waals surface area contributed by atoms with E-state index < -0.39 is 0 Å². The molecule has 1 aromatic rings. The van der Waals surface area contributed by atoms with Crippen LogP contribution in [-0.2, 0) is 9.59 Å². The molecule has 1 saturated heterocycles. The first-order chi connectivity index (χ1) is 15.8. The van der Waals surface area contributed by atoms with Crippen molar-refractivity contribution >= 4 is 39.4 Å². The smallest absolute Gasteiger partial charge is 0.249 e. The van der Waals surface area contributed by atoms with Crippen molar-refractivity contribution in [3.8, 4) is 0 Å². The number of halogens is 1. The summed E-state index contributed by atoms with van der Waals surface area (Å²) in [6, 6.07) is 0. The molecule has 2 aliphatic rings. The number of nitrogens with two attached hydrogens (primary N) is 1. The largest absolute Gasteiger partial charge is 0.343 e. The Morgan fingerprint density at radius 2 is 2.03 bits per heavy atom. The predicted octanol–water partition coefficient (Wildman–Crippen LogP) is 3.72. The van der Waals surface area contributed by atoms with E-state index in [2.05, 4.69) is 21.0 Å². The number of amides is 2. The number of carbonyl (C=O) groups is 2. The lowest BCUT2D eigenvalue weighted by atomic mass is 9.95. The van der Waals surface area contributed by atoms with E-state index in [-0.39, 0.29) is 23.9 Å². The van der Waals surface area contributed by atoms with Gasteiger partial charge in [-0.2, -0.15) is 0 Å². The highest BCUT2D eigenvalue weighted by atomic mass is 79.9. The van der Waals surface area contributed by atoms with Crippen molar-refractivity contribution < 1.29 is 9.59 Å². The molecule has 3 rings (SSSR count). The number of hydrogen-bond acceptors (Lipinski definition) is 5. The Bertz CT molecular complexity index is 974. The predicted molar refractivity (Wildman–Crippen MR) is 134 cm³/mol. The molecule has 8 nitrogen and oxygen atoms in total. The number of likely N-dealkylation sites (tertiary alicyclic amines) is 1. The molecule has 1 fully saturated rings. The molecule has 33 heavy (non-hydrogen) atoms. The molecule has 2 amide bonds. The molecule has 0 aromatic carbocycles. The van der Waals surface area contributed by atoms with Gasteiger partial charge in [0.2, 0.25) is 11.8 Å². The fourth-order valence-corrected chi connectivity index (χ4v) is 4.78. The first-order valence-electron chi connectivity index (χ1n) is 11.8. The summed E-state index contributed by atoms with van der Waals surface area (Å²) in [5.41, 5.74) is 7.80. The van der Waals surface area contributed by atoms with Crippen molar-refractivity contribution in [3.63, 3.8) is 0 Å². The van der Waals surface area contributed by atoms with Gasteiger partial charge >= 0.3 is 0 Å². The van der Waals surface area contributed by atoms with Gasteiger partial charge in [-0.25, -0.2) is 9.67 Å². The molecule has 1 aliphatic carbocycles. The van der Waals surface area contributed by atoms with Gasteiger partial charge in [-0.3, -0.25) is 9.59 Å². The van der Waals surface area contributed by atoms with E-state index in [4.69, 9.17) is 10.7 Å². The minimum Gasteiger partial charge on any atom is -0.343 e. The van der Waals surface area contributed by atoms with Crippen LogP contribution in [-0.4, -0.2) is 62.6 Å². The van der Waals surface area contributed by atoms with Gasteiger partial charge in [-0.15, -0.1) is 5.10 Å². The molecular weight excluding hydrogens is 484 g/mol. The van der Waals surface area contributed by atoms with E-state index in [0.29, 0.717) is 49.8 Å². The number of allylic oxidation sites excluding steroid dienone is 4. The van der Waals surface area contributed by atoms with Crippen LogP contribution >= 0.6 is 15.9 Å². The Balaban J connectivity index is 1.82. The third-order valence-electron chi connectivity index (χ3n) is 6.25. The van der Waals surface area contributed by atoms with Gasteiger partial charge in [0.25, 0.3) is 0 Å². The zero-order valence-corrected chi connectivity index (χ0v) is 21.6. The summed E-state index contributed by atoms with van der Waals surface area (Å²) in [4.78, 5) is 34.6. The number of rotatable bonds is 8. The quantitative estimate of drug-likeness (QED) is 0.528. The maximum absolute atomic E-state index is 13.4. The third kappa shape index (κ3) is 5.81. The normalized spacial score (nSPS) is 19.9. The molecule has 0 spiro atoms. The van der Waals surface area contributed by atoms with Crippen LogP contribution in [0.2, 0.25) is 0 Å². The van der Waals surface area contributed by atoms with Crippen LogP contribution in [0.4, 0.5) is 0 Å².